The van der Waals surface area contributed by atoms with E-state index in [0.717, 1.165) is 5.57 Å². The molecular weight excluding hydrogens is 350 g/mol. The number of carboxylic acid groups (broad SMARTS) is 1. The molecule has 22 heavy (non-hydrogen) atoms. The van der Waals surface area contributed by atoms with Gasteiger partial charge in [0.1, 0.15) is 5.75 Å². The Bertz CT molecular complexity index is 586. The fraction of sp³-hybridized carbons (Fsp3) is 0.375. The molecule has 0 saturated carbocycles. The number of nitrogens with one attached hydrogen (secondary N) is 1. The number of methoxy groups -OCH3 is 1. The van der Waals surface area contributed by atoms with Crippen LogP contribution in [0.5, 0.6) is 5.75 Å². The number of halogens is 1. The van der Waals surface area contributed by atoms with Crippen molar-refractivity contribution in [3.05, 3.63) is 40.4 Å². The molecule has 0 fully saturated rings. The Balaban J connectivity index is 2.95. The van der Waals surface area contributed by atoms with Crippen LogP contribution in [0, 0.1) is 5.92 Å². The molecule has 2 unspecified atom stereocenters. The molecule has 0 bridgehead atoms. The van der Waals surface area contributed by atoms with Crippen molar-refractivity contribution in [2.75, 3.05) is 7.11 Å². The molecule has 2 N–H and O–H groups in total. The number of amides is 1. The lowest BCUT2D eigenvalue weighted by Crippen LogP contribution is -2.37. The second-order valence-corrected chi connectivity index (χ2v) is 6.09. The van der Waals surface area contributed by atoms with Crippen LogP contribution in [0.1, 0.15) is 31.9 Å². The number of benzene rings is 1. The SMILES string of the molecule is C=C(C)CC(C)C(=O)NC(C(=O)O)c1ccc(OC)c(Br)c1. The van der Waals surface area contributed by atoms with E-state index in [1.807, 2.05) is 6.92 Å². The minimum absolute atomic E-state index is 0.317. The number of rotatable bonds is 7. The van der Waals surface area contributed by atoms with Gasteiger partial charge in [0.05, 0.1) is 11.6 Å². The van der Waals surface area contributed by atoms with Crippen LogP contribution < -0.4 is 10.1 Å². The molecule has 0 heterocycles. The Morgan fingerprint density at radius 2 is 2.09 bits per heavy atom. The minimum Gasteiger partial charge on any atom is -0.496 e. The van der Waals surface area contributed by atoms with Crippen LogP contribution in [0.2, 0.25) is 0 Å². The van der Waals surface area contributed by atoms with Gasteiger partial charge in [0, 0.05) is 5.92 Å². The molecule has 1 amide bonds. The standard InChI is InChI=1S/C16H20BrNO4/c1-9(2)7-10(3)15(19)18-14(16(20)21)11-5-6-13(22-4)12(17)8-11/h5-6,8,10,14H,1,7H2,2-4H3,(H,18,19)(H,20,21). The van der Waals surface area contributed by atoms with E-state index < -0.39 is 12.0 Å². The van der Waals surface area contributed by atoms with Crippen molar-refractivity contribution in [2.45, 2.75) is 26.3 Å². The summed E-state index contributed by atoms with van der Waals surface area (Å²) in [5.74, 6) is -1.17. The highest BCUT2D eigenvalue weighted by molar-refractivity contribution is 9.10. The van der Waals surface area contributed by atoms with E-state index in [4.69, 9.17) is 4.74 Å². The van der Waals surface area contributed by atoms with Crippen LogP contribution in [0.4, 0.5) is 0 Å². The van der Waals surface area contributed by atoms with Gasteiger partial charge >= 0.3 is 5.97 Å². The minimum atomic E-state index is -1.12. The highest BCUT2D eigenvalue weighted by Gasteiger charge is 2.25. The maximum absolute atomic E-state index is 12.1. The van der Waals surface area contributed by atoms with Crippen molar-refractivity contribution < 1.29 is 19.4 Å². The Morgan fingerprint density at radius 1 is 1.45 bits per heavy atom. The molecule has 5 nitrogen and oxygen atoms in total. The molecule has 1 rings (SSSR count). The Hall–Kier alpha value is -1.82. The smallest absolute Gasteiger partial charge is 0.330 e. The third kappa shape index (κ3) is 4.87. The summed E-state index contributed by atoms with van der Waals surface area (Å²) >= 11 is 3.31. The molecule has 0 saturated heterocycles. The third-order valence-electron chi connectivity index (χ3n) is 3.14. The van der Waals surface area contributed by atoms with E-state index in [-0.39, 0.29) is 11.8 Å². The number of ether oxygens (including phenoxy) is 1. The first-order valence-electron chi connectivity index (χ1n) is 6.77. The maximum Gasteiger partial charge on any atom is 0.330 e. The van der Waals surface area contributed by atoms with Gasteiger partial charge in [0.15, 0.2) is 6.04 Å². The lowest BCUT2D eigenvalue weighted by Gasteiger charge is -2.19. The van der Waals surface area contributed by atoms with Gasteiger partial charge in [-0.3, -0.25) is 4.79 Å². The monoisotopic (exact) mass is 369 g/mol. The molecule has 0 aliphatic rings. The molecule has 0 aromatic heterocycles. The van der Waals surface area contributed by atoms with Crippen LogP contribution in [0.3, 0.4) is 0 Å². The van der Waals surface area contributed by atoms with E-state index in [0.29, 0.717) is 22.2 Å². The molecule has 0 aliphatic carbocycles. The van der Waals surface area contributed by atoms with Crippen LogP contribution in [0.25, 0.3) is 0 Å². The quantitative estimate of drug-likeness (QED) is 0.723. The van der Waals surface area contributed by atoms with E-state index in [9.17, 15) is 14.7 Å². The van der Waals surface area contributed by atoms with Gasteiger partial charge in [-0.2, -0.15) is 0 Å². The van der Waals surface area contributed by atoms with Crippen molar-refractivity contribution in [3.63, 3.8) is 0 Å². The number of hydrogen-bond acceptors (Lipinski definition) is 3. The van der Waals surface area contributed by atoms with Gasteiger partial charge in [-0.1, -0.05) is 18.6 Å². The average Bonchev–Trinajstić information content (AvgIpc) is 2.43. The summed E-state index contributed by atoms with van der Waals surface area (Å²) in [5.41, 5.74) is 1.35. The number of carbonyl (C=O) groups is 2. The van der Waals surface area contributed by atoms with Gasteiger partial charge in [-0.15, -0.1) is 6.58 Å². The van der Waals surface area contributed by atoms with Crippen LogP contribution in [-0.4, -0.2) is 24.1 Å². The molecule has 1 aromatic rings. The molecule has 1 aromatic carbocycles. The number of aliphatic carboxylic acids is 1. The summed E-state index contributed by atoms with van der Waals surface area (Å²) in [6, 6.07) is 3.79. The first kappa shape index (κ1) is 18.2. The Labute approximate surface area is 138 Å². The molecule has 0 spiro atoms. The second-order valence-electron chi connectivity index (χ2n) is 5.24. The van der Waals surface area contributed by atoms with Crippen LogP contribution in [0.15, 0.2) is 34.8 Å². The second kappa shape index (κ2) is 7.98. The van der Waals surface area contributed by atoms with Crippen molar-refractivity contribution in [2.24, 2.45) is 5.92 Å². The summed E-state index contributed by atoms with van der Waals surface area (Å²) in [4.78, 5) is 23.6. The maximum atomic E-state index is 12.1. The topological polar surface area (TPSA) is 75.6 Å². The van der Waals surface area contributed by atoms with Gasteiger partial charge in [-0.25, -0.2) is 4.79 Å². The number of hydrogen-bond donors (Lipinski definition) is 2. The fourth-order valence-electron chi connectivity index (χ4n) is 2.05. The van der Waals surface area contributed by atoms with Gasteiger partial charge < -0.3 is 15.2 Å². The molecule has 120 valence electrons. The van der Waals surface area contributed by atoms with E-state index in [1.165, 1.54) is 7.11 Å². The predicted molar refractivity (Wildman–Crippen MR) is 87.8 cm³/mol. The zero-order chi connectivity index (χ0) is 16.9. The van der Waals surface area contributed by atoms with E-state index in [1.54, 1.807) is 25.1 Å². The zero-order valence-electron chi connectivity index (χ0n) is 12.9. The first-order chi connectivity index (χ1) is 10.3. The van der Waals surface area contributed by atoms with Gasteiger partial charge in [-0.05, 0) is 47.0 Å². The summed E-state index contributed by atoms with van der Waals surface area (Å²) in [5, 5.41) is 11.9. The summed E-state index contributed by atoms with van der Waals surface area (Å²) in [6.07, 6.45) is 0.518. The first-order valence-corrected chi connectivity index (χ1v) is 7.56. The largest absolute Gasteiger partial charge is 0.496 e. The van der Waals surface area contributed by atoms with Crippen molar-refractivity contribution in [1.82, 2.24) is 5.32 Å². The Kier molecular flexibility index (Phi) is 6.61. The molecule has 0 aliphatic heterocycles. The fourth-order valence-corrected chi connectivity index (χ4v) is 2.61. The number of carbonyl (C=O) groups excluding carboxylic acids is 1. The predicted octanol–water partition coefficient (Wildman–Crippen LogP) is 3.30. The summed E-state index contributed by atoms with van der Waals surface area (Å²) in [7, 11) is 1.52. The lowest BCUT2D eigenvalue weighted by molar-refractivity contribution is -0.142. The van der Waals surface area contributed by atoms with Crippen molar-refractivity contribution >= 4 is 27.8 Å². The Morgan fingerprint density at radius 3 is 2.55 bits per heavy atom. The van der Waals surface area contributed by atoms with Crippen molar-refractivity contribution in [3.8, 4) is 5.75 Å². The average molecular weight is 370 g/mol. The van der Waals surface area contributed by atoms with Crippen LogP contribution in [-0.2, 0) is 9.59 Å². The summed E-state index contributed by atoms with van der Waals surface area (Å²) < 4.78 is 5.74. The van der Waals surface area contributed by atoms with Gasteiger partial charge in [0.2, 0.25) is 5.91 Å². The molecular formula is C16H20BrNO4. The molecule has 6 heteroatoms. The normalized spacial score (nSPS) is 13.1. The highest BCUT2D eigenvalue weighted by atomic mass is 79.9. The molecule has 2 atom stereocenters. The van der Waals surface area contributed by atoms with E-state index in [2.05, 4.69) is 27.8 Å². The number of allylic oxidation sites excluding steroid dienone is 1. The van der Waals surface area contributed by atoms with Gasteiger partial charge in [0.25, 0.3) is 0 Å². The lowest BCUT2D eigenvalue weighted by atomic mass is 10.0. The third-order valence-corrected chi connectivity index (χ3v) is 3.76. The van der Waals surface area contributed by atoms with E-state index >= 15 is 0 Å². The molecule has 0 radical (unpaired) electrons. The van der Waals surface area contributed by atoms with Crippen molar-refractivity contribution in [1.29, 1.82) is 0 Å². The summed E-state index contributed by atoms with van der Waals surface area (Å²) in [6.45, 7) is 7.34. The highest BCUT2D eigenvalue weighted by Crippen LogP contribution is 2.28. The van der Waals surface area contributed by atoms with Crippen LogP contribution >= 0.6 is 15.9 Å². The number of carboxylic acids is 1. The zero-order valence-corrected chi connectivity index (χ0v) is 14.4.